The van der Waals surface area contributed by atoms with Crippen molar-refractivity contribution >= 4 is 17.7 Å². The zero-order valence-corrected chi connectivity index (χ0v) is 15.3. The number of likely N-dealkylation sites (tertiary alicyclic amines) is 1. The van der Waals surface area contributed by atoms with Crippen LogP contribution in [0.15, 0.2) is 24.3 Å². The molecule has 1 aliphatic carbocycles. The molecule has 4 rings (SSSR count). The molecule has 5 nitrogen and oxygen atoms in total. The third-order valence-electron chi connectivity index (χ3n) is 6.28. The molecule has 2 heterocycles. The molecule has 1 saturated heterocycles. The maximum Gasteiger partial charge on any atom is 0.261 e. The molecule has 0 aromatic heterocycles. The number of benzene rings is 1. The van der Waals surface area contributed by atoms with E-state index in [2.05, 4.69) is 11.8 Å². The highest BCUT2D eigenvalue weighted by atomic mass is 16.2. The Bertz CT molecular complexity index is 710. The summed E-state index contributed by atoms with van der Waals surface area (Å²) in [6.07, 6.45) is 6.93. The van der Waals surface area contributed by atoms with E-state index in [9.17, 15) is 14.4 Å². The van der Waals surface area contributed by atoms with E-state index in [1.165, 1.54) is 24.2 Å². The van der Waals surface area contributed by atoms with Gasteiger partial charge in [0, 0.05) is 25.0 Å². The van der Waals surface area contributed by atoms with Crippen molar-refractivity contribution < 1.29 is 14.4 Å². The van der Waals surface area contributed by atoms with E-state index in [1.54, 1.807) is 24.3 Å². The van der Waals surface area contributed by atoms with Crippen LogP contribution in [0.5, 0.6) is 0 Å². The van der Waals surface area contributed by atoms with Crippen LogP contribution in [0.3, 0.4) is 0 Å². The third-order valence-corrected chi connectivity index (χ3v) is 6.28. The lowest BCUT2D eigenvalue weighted by molar-refractivity contribution is -0.134. The highest BCUT2D eigenvalue weighted by Gasteiger charge is 2.42. The van der Waals surface area contributed by atoms with Gasteiger partial charge < -0.3 is 4.90 Å². The Morgan fingerprint density at radius 1 is 1.08 bits per heavy atom. The molecule has 0 bridgehead atoms. The van der Waals surface area contributed by atoms with Crippen LogP contribution < -0.4 is 0 Å². The second kappa shape index (κ2) is 6.86. The fourth-order valence-corrected chi connectivity index (χ4v) is 5.10. The summed E-state index contributed by atoms with van der Waals surface area (Å²) in [6, 6.07) is 7.64. The van der Waals surface area contributed by atoms with Crippen molar-refractivity contribution in [1.82, 2.24) is 9.80 Å². The van der Waals surface area contributed by atoms with Crippen molar-refractivity contribution in [3.8, 4) is 0 Å². The SMILES string of the molecule is CC1CC2CCCCC2N1C(=O)CCCN1C(=O)c2ccccc2C1=O. The van der Waals surface area contributed by atoms with E-state index >= 15 is 0 Å². The lowest BCUT2D eigenvalue weighted by Crippen LogP contribution is -2.42. The van der Waals surface area contributed by atoms with Gasteiger partial charge in [0.1, 0.15) is 0 Å². The van der Waals surface area contributed by atoms with Gasteiger partial charge >= 0.3 is 0 Å². The predicted molar refractivity (Wildman–Crippen MR) is 97.7 cm³/mol. The van der Waals surface area contributed by atoms with E-state index in [0.29, 0.717) is 48.5 Å². The summed E-state index contributed by atoms with van der Waals surface area (Å²) in [4.78, 5) is 41.0. The van der Waals surface area contributed by atoms with Gasteiger partial charge in [0.2, 0.25) is 5.91 Å². The number of nitrogens with zero attached hydrogens (tertiary/aromatic N) is 2. The molecule has 0 N–H and O–H groups in total. The Hall–Kier alpha value is -2.17. The number of carbonyl (C=O) groups is 3. The van der Waals surface area contributed by atoms with Gasteiger partial charge in [-0.25, -0.2) is 0 Å². The van der Waals surface area contributed by atoms with Crippen LogP contribution in [0.1, 0.15) is 72.6 Å². The van der Waals surface area contributed by atoms with Gasteiger partial charge in [0.25, 0.3) is 11.8 Å². The number of imide groups is 1. The minimum absolute atomic E-state index is 0.184. The van der Waals surface area contributed by atoms with Crippen molar-refractivity contribution in [2.45, 2.75) is 64.0 Å². The molecule has 26 heavy (non-hydrogen) atoms. The van der Waals surface area contributed by atoms with Gasteiger partial charge in [-0.3, -0.25) is 19.3 Å². The molecular formula is C21H26N2O3. The highest BCUT2D eigenvalue weighted by molar-refractivity contribution is 6.21. The Morgan fingerprint density at radius 2 is 1.73 bits per heavy atom. The van der Waals surface area contributed by atoms with Crippen LogP contribution in [-0.4, -0.2) is 46.1 Å². The van der Waals surface area contributed by atoms with Crippen LogP contribution in [-0.2, 0) is 4.79 Å². The first-order chi connectivity index (χ1) is 12.6. The van der Waals surface area contributed by atoms with E-state index in [0.717, 1.165) is 12.8 Å². The Kier molecular flexibility index (Phi) is 4.55. The number of hydrogen-bond donors (Lipinski definition) is 0. The second-order valence-electron chi connectivity index (χ2n) is 7.91. The number of rotatable bonds is 4. The van der Waals surface area contributed by atoms with Crippen LogP contribution in [0.25, 0.3) is 0 Å². The standard InChI is InChI=1S/C21H26N2O3/c1-14-13-15-7-2-5-10-18(15)23(14)19(24)11-6-12-22-20(25)16-8-3-4-9-17(16)21(22)26/h3-4,8-9,14-15,18H,2,5-7,10-13H2,1H3. The minimum atomic E-state index is -0.236. The van der Waals surface area contributed by atoms with E-state index < -0.39 is 0 Å². The Morgan fingerprint density at radius 3 is 2.42 bits per heavy atom. The maximum absolute atomic E-state index is 12.8. The van der Waals surface area contributed by atoms with Crippen LogP contribution in [0.2, 0.25) is 0 Å². The van der Waals surface area contributed by atoms with Gasteiger partial charge in [0.15, 0.2) is 0 Å². The zero-order valence-electron chi connectivity index (χ0n) is 15.3. The molecule has 2 aliphatic heterocycles. The molecule has 2 fully saturated rings. The molecule has 0 radical (unpaired) electrons. The molecule has 1 aromatic carbocycles. The topological polar surface area (TPSA) is 57.7 Å². The molecule has 3 unspecified atom stereocenters. The molecule has 5 heteroatoms. The molecule has 1 aromatic rings. The number of carbonyl (C=O) groups excluding carboxylic acids is 3. The van der Waals surface area contributed by atoms with Gasteiger partial charge in [-0.15, -0.1) is 0 Å². The van der Waals surface area contributed by atoms with E-state index in [-0.39, 0.29) is 17.7 Å². The fraction of sp³-hybridized carbons (Fsp3) is 0.571. The zero-order chi connectivity index (χ0) is 18.3. The van der Waals surface area contributed by atoms with Gasteiger partial charge in [-0.1, -0.05) is 25.0 Å². The lowest BCUT2D eigenvalue weighted by Gasteiger charge is -2.33. The van der Waals surface area contributed by atoms with Crippen molar-refractivity contribution in [2.75, 3.05) is 6.54 Å². The molecule has 3 atom stereocenters. The maximum atomic E-state index is 12.8. The number of hydrogen-bond acceptors (Lipinski definition) is 3. The van der Waals surface area contributed by atoms with Crippen LogP contribution in [0, 0.1) is 5.92 Å². The van der Waals surface area contributed by atoms with Crippen molar-refractivity contribution in [2.24, 2.45) is 5.92 Å². The third kappa shape index (κ3) is 2.83. The normalized spacial score (nSPS) is 27.7. The predicted octanol–water partition coefficient (Wildman–Crippen LogP) is 3.24. The summed E-state index contributed by atoms with van der Waals surface area (Å²) < 4.78 is 0. The fourth-order valence-electron chi connectivity index (χ4n) is 5.10. The number of amides is 3. The molecular weight excluding hydrogens is 328 g/mol. The monoisotopic (exact) mass is 354 g/mol. The first-order valence-corrected chi connectivity index (χ1v) is 9.84. The van der Waals surface area contributed by atoms with Crippen LogP contribution >= 0.6 is 0 Å². The molecule has 0 spiro atoms. The average molecular weight is 354 g/mol. The van der Waals surface area contributed by atoms with Gasteiger partial charge in [0.05, 0.1) is 11.1 Å². The first kappa shape index (κ1) is 17.3. The largest absolute Gasteiger partial charge is 0.337 e. The van der Waals surface area contributed by atoms with E-state index in [4.69, 9.17) is 0 Å². The summed E-state index contributed by atoms with van der Waals surface area (Å²) in [7, 11) is 0. The van der Waals surface area contributed by atoms with Crippen molar-refractivity contribution in [3.63, 3.8) is 0 Å². The summed E-state index contributed by atoms with van der Waals surface area (Å²) in [5.41, 5.74) is 0.948. The summed E-state index contributed by atoms with van der Waals surface area (Å²) >= 11 is 0. The lowest BCUT2D eigenvalue weighted by atomic mass is 9.85. The quantitative estimate of drug-likeness (QED) is 0.780. The highest BCUT2D eigenvalue weighted by Crippen LogP contribution is 2.39. The Balaban J connectivity index is 1.35. The Labute approximate surface area is 154 Å². The summed E-state index contributed by atoms with van der Waals surface area (Å²) in [6.45, 7) is 2.47. The molecule has 3 aliphatic rings. The van der Waals surface area contributed by atoms with Crippen molar-refractivity contribution in [3.05, 3.63) is 35.4 Å². The summed E-state index contributed by atoms with van der Waals surface area (Å²) in [5, 5.41) is 0. The van der Waals surface area contributed by atoms with Gasteiger partial charge in [-0.2, -0.15) is 0 Å². The molecule has 3 amide bonds. The average Bonchev–Trinajstić information content (AvgIpc) is 3.10. The van der Waals surface area contributed by atoms with Crippen molar-refractivity contribution in [1.29, 1.82) is 0 Å². The number of fused-ring (bicyclic) bond motifs is 2. The second-order valence-corrected chi connectivity index (χ2v) is 7.91. The molecule has 1 saturated carbocycles. The van der Waals surface area contributed by atoms with E-state index in [1.807, 2.05) is 0 Å². The van der Waals surface area contributed by atoms with Crippen LogP contribution in [0.4, 0.5) is 0 Å². The minimum Gasteiger partial charge on any atom is -0.337 e. The molecule has 138 valence electrons. The smallest absolute Gasteiger partial charge is 0.261 e. The summed E-state index contributed by atoms with van der Waals surface area (Å²) in [5.74, 6) is 0.377. The van der Waals surface area contributed by atoms with Gasteiger partial charge in [-0.05, 0) is 50.7 Å². The first-order valence-electron chi connectivity index (χ1n) is 9.84.